The summed E-state index contributed by atoms with van der Waals surface area (Å²) < 4.78 is 0. The lowest BCUT2D eigenvalue weighted by Gasteiger charge is -2.34. The topological polar surface area (TPSA) is 52.8 Å². The van der Waals surface area contributed by atoms with Gasteiger partial charge in [-0.25, -0.2) is 0 Å². The molecule has 5 nitrogen and oxygen atoms in total. The highest BCUT2D eigenvalue weighted by Crippen LogP contribution is 2.20. The normalized spacial score (nSPS) is 26.8. The van der Waals surface area contributed by atoms with Crippen LogP contribution >= 0.6 is 0 Å². The van der Waals surface area contributed by atoms with Crippen LogP contribution in [0.3, 0.4) is 0 Å². The third-order valence-corrected chi connectivity index (χ3v) is 4.48. The van der Waals surface area contributed by atoms with Crippen molar-refractivity contribution in [3.63, 3.8) is 0 Å². The van der Waals surface area contributed by atoms with Crippen LogP contribution in [0.15, 0.2) is 0 Å². The van der Waals surface area contributed by atoms with E-state index in [-0.39, 0.29) is 5.91 Å². The molecule has 0 aromatic rings. The van der Waals surface area contributed by atoms with Crippen molar-refractivity contribution in [1.29, 1.82) is 0 Å². The maximum absolute atomic E-state index is 11.6. The Kier molecular flexibility index (Phi) is 5.19. The molecular weight excluding hydrogens is 240 g/mol. The SMILES string of the molecule is CN(C)C(=O)CCN1CCC(N2CCC(N)CC2)C1. The zero-order valence-electron chi connectivity index (χ0n) is 12.3. The van der Waals surface area contributed by atoms with E-state index >= 15 is 0 Å². The van der Waals surface area contributed by atoms with Gasteiger partial charge in [-0.2, -0.15) is 0 Å². The zero-order chi connectivity index (χ0) is 13.8. The van der Waals surface area contributed by atoms with Gasteiger partial charge < -0.3 is 15.5 Å². The summed E-state index contributed by atoms with van der Waals surface area (Å²) in [6.45, 7) is 5.46. The zero-order valence-corrected chi connectivity index (χ0v) is 12.3. The van der Waals surface area contributed by atoms with Gasteiger partial charge in [-0.3, -0.25) is 9.69 Å². The highest BCUT2D eigenvalue weighted by molar-refractivity contribution is 5.75. The van der Waals surface area contributed by atoms with Crippen LogP contribution in [0.5, 0.6) is 0 Å². The predicted molar refractivity (Wildman–Crippen MR) is 76.9 cm³/mol. The van der Waals surface area contributed by atoms with Gasteiger partial charge in [-0.05, 0) is 38.9 Å². The molecule has 2 fully saturated rings. The summed E-state index contributed by atoms with van der Waals surface area (Å²) in [7, 11) is 3.65. The molecule has 0 bridgehead atoms. The van der Waals surface area contributed by atoms with E-state index in [9.17, 15) is 4.79 Å². The van der Waals surface area contributed by atoms with Gasteiger partial charge in [0.15, 0.2) is 0 Å². The van der Waals surface area contributed by atoms with E-state index in [4.69, 9.17) is 5.73 Å². The summed E-state index contributed by atoms with van der Waals surface area (Å²) >= 11 is 0. The van der Waals surface area contributed by atoms with Crippen molar-refractivity contribution in [3.05, 3.63) is 0 Å². The quantitative estimate of drug-likeness (QED) is 0.777. The first-order chi connectivity index (χ1) is 9.06. The van der Waals surface area contributed by atoms with Crippen molar-refractivity contribution in [3.8, 4) is 0 Å². The van der Waals surface area contributed by atoms with Crippen molar-refractivity contribution in [2.45, 2.75) is 37.8 Å². The number of nitrogens with two attached hydrogens (primary N) is 1. The molecule has 1 unspecified atom stereocenters. The number of hydrogen-bond acceptors (Lipinski definition) is 4. The fourth-order valence-corrected chi connectivity index (χ4v) is 3.08. The van der Waals surface area contributed by atoms with Gasteiger partial charge in [0.05, 0.1) is 0 Å². The van der Waals surface area contributed by atoms with Crippen molar-refractivity contribution in [2.75, 3.05) is 46.8 Å². The van der Waals surface area contributed by atoms with Crippen LogP contribution in [0, 0.1) is 0 Å². The third-order valence-electron chi connectivity index (χ3n) is 4.48. The minimum atomic E-state index is 0.229. The summed E-state index contributed by atoms with van der Waals surface area (Å²) in [6.07, 6.45) is 4.15. The monoisotopic (exact) mass is 268 g/mol. The Morgan fingerprint density at radius 1 is 1.21 bits per heavy atom. The van der Waals surface area contributed by atoms with Gasteiger partial charge in [-0.1, -0.05) is 0 Å². The highest BCUT2D eigenvalue weighted by atomic mass is 16.2. The molecule has 5 heteroatoms. The largest absolute Gasteiger partial charge is 0.349 e. The number of nitrogens with zero attached hydrogens (tertiary/aromatic N) is 3. The first kappa shape index (κ1) is 14.8. The number of likely N-dealkylation sites (tertiary alicyclic amines) is 2. The van der Waals surface area contributed by atoms with Crippen LogP contribution < -0.4 is 5.73 Å². The fourth-order valence-electron chi connectivity index (χ4n) is 3.08. The second kappa shape index (κ2) is 6.68. The summed E-state index contributed by atoms with van der Waals surface area (Å²) in [5.74, 6) is 0.229. The number of rotatable bonds is 4. The Hall–Kier alpha value is -0.650. The minimum Gasteiger partial charge on any atom is -0.349 e. The predicted octanol–water partition coefficient (Wildman–Crippen LogP) is -0.0379. The van der Waals surface area contributed by atoms with Gasteiger partial charge in [-0.15, -0.1) is 0 Å². The molecule has 2 aliphatic rings. The van der Waals surface area contributed by atoms with Crippen molar-refractivity contribution in [2.24, 2.45) is 5.73 Å². The summed E-state index contributed by atoms with van der Waals surface area (Å²) in [4.78, 5) is 18.3. The molecule has 1 amide bonds. The molecule has 0 aromatic carbocycles. The van der Waals surface area contributed by atoms with Gasteiger partial charge in [0.25, 0.3) is 0 Å². The van der Waals surface area contributed by atoms with E-state index in [0.717, 1.165) is 45.6 Å². The Bertz CT molecular complexity index is 300. The van der Waals surface area contributed by atoms with E-state index in [2.05, 4.69) is 9.80 Å². The minimum absolute atomic E-state index is 0.229. The maximum atomic E-state index is 11.6. The molecule has 0 saturated carbocycles. The van der Waals surface area contributed by atoms with Crippen LogP contribution in [0.2, 0.25) is 0 Å². The molecule has 110 valence electrons. The average Bonchev–Trinajstić information content (AvgIpc) is 2.85. The smallest absolute Gasteiger partial charge is 0.223 e. The average molecular weight is 268 g/mol. The van der Waals surface area contributed by atoms with Crippen LogP contribution in [-0.2, 0) is 4.79 Å². The standard InChI is InChI=1S/C14H28N4O/c1-16(2)14(19)6-8-17-7-5-13(11-17)18-9-3-12(15)4-10-18/h12-13H,3-11,15H2,1-2H3. The Morgan fingerprint density at radius 3 is 2.53 bits per heavy atom. The van der Waals surface area contributed by atoms with Crippen molar-refractivity contribution >= 4 is 5.91 Å². The fraction of sp³-hybridized carbons (Fsp3) is 0.929. The Balaban J connectivity index is 1.69. The van der Waals surface area contributed by atoms with E-state index in [1.165, 1.54) is 6.42 Å². The molecule has 0 aliphatic carbocycles. The lowest BCUT2D eigenvalue weighted by atomic mass is 10.0. The second-order valence-corrected chi connectivity index (χ2v) is 6.15. The Labute approximate surface area is 116 Å². The first-order valence-electron chi connectivity index (χ1n) is 7.48. The number of carbonyl (C=O) groups is 1. The maximum Gasteiger partial charge on any atom is 0.223 e. The second-order valence-electron chi connectivity index (χ2n) is 6.15. The molecule has 2 heterocycles. The molecular formula is C14H28N4O. The van der Waals surface area contributed by atoms with Gasteiger partial charge >= 0.3 is 0 Å². The van der Waals surface area contributed by atoms with E-state index in [0.29, 0.717) is 18.5 Å². The van der Waals surface area contributed by atoms with Crippen LogP contribution in [0.4, 0.5) is 0 Å². The van der Waals surface area contributed by atoms with E-state index in [1.54, 1.807) is 4.90 Å². The van der Waals surface area contributed by atoms with Crippen LogP contribution in [0.1, 0.15) is 25.7 Å². The number of amides is 1. The molecule has 0 aromatic heterocycles. The van der Waals surface area contributed by atoms with Gasteiger partial charge in [0, 0.05) is 45.7 Å². The third kappa shape index (κ3) is 4.16. The molecule has 2 aliphatic heterocycles. The molecule has 2 rings (SSSR count). The molecule has 0 radical (unpaired) electrons. The van der Waals surface area contributed by atoms with Gasteiger partial charge in [0.1, 0.15) is 0 Å². The summed E-state index contributed by atoms with van der Waals surface area (Å²) in [5, 5.41) is 0. The van der Waals surface area contributed by atoms with Crippen LogP contribution in [0.25, 0.3) is 0 Å². The summed E-state index contributed by atoms with van der Waals surface area (Å²) in [6, 6.07) is 1.09. The van der Waals surface area contributed by atoms with Crippen LogP contribution in [-0.4, -0.2) is 79.5 Å². The molecule has 0 spiro atoms. The lowest BCUT2D eigenvalue weighted by Crippen LogP contribution is -2.46. The first-order valence-corrected chi connectivity index (χ1v) is 7.48. The van der Waals surface area contributed by atoms with E-state index < -0.39 is 0 Å². The van der Waals surface area contributed by atoms with Gasteiger partial charge in [0.2, 0.25) is 5.91 Å². The lowest BCUT2D eigenvalue weighted by molar-refractivity contribution is -0.129. The van der Waals surface area contributed by atoms with Crippen molar-refractivity contribution < 1.29 is 4.79 Å². The number of carbonyl (C=O) groups excluding carboxylic acids is 1. The number of hydrogen-bond donors (Lipinski definition) is 1. The molecule has 2 saturated heterocycles. The van der Waals surface area contributed by atoms with Crippen molar-refractivity contribution in [1.82, 2.24) is 14.7 Å². The molecule has 19 heavy (non-hydrogen) atoms. The Morgan fingerprint density at radius 2 is 1.89 bits per heavy atom. The number of piperidine rings is 1. The molecule has 2 N–H and O–H groups in total. The highest BCUT2D eigenvalue weighted by Gasteiger charge is 2.29. The summed E-state index contributed by atoms with van der Waals surface area (Å²) in [5.41, 5.74) is 5.95. The molecule has 1 atom stereocenters. The van der Waals surface area contributed by atoms with E-state index in [1.807, 2.05) is 14.1 Å².